The number of carbonyl (C=O) groups excluding carboxylic acids is 3. The monoisotopic (exact) mass is 417 g/mol. The fraction of sp³-hybridized carbons (Fsp3) is 0.286. The standard InChI is InChI=1S/C21H21F2N3O4/c1-13-5-3-4-6-14(13)11-24-17(27)12-26-18(28)21(2,25-20(26)29)15-7-9-16(10-8-15)30-19(22)23/h3-10,19H,11-12H2,1-2H3,(H,24,27)(H,25,29)/t21-/m0/s1. The zero-order valence-corrected chi connectivity index (χ0v) is 16.4. The zero-order chi connectivity index (χ0) is 21.9. The Kier molecular flexibility index (Phi) is 6.00. The summed E-state index contributed by atoms with van der Waals surface area (Å²) in [6.07, 6.45) is 0. The Hall–Kier alpha value is -3.49. The van der Waals surface area contributed by atoms with E-state index < -0.39 is 36.5 Å². The molecule has 9 heteroatoms. The minimum absolute atomic E-state index is 0.0680. The van der Waals surface area contributed by atoms with E-state index in [0.29, 0.717) is 5.56 Å². The summed E-state index contributed by atoms with van der Waals surface area (Å²) < 4.78 is 28.9. The fourth-order valence-corrected chi connectivity index (χ4v) is 3.21. The molecule has 1 heterocycles. The van der Waals surface area contributed by atoms with Crippen LogP contribution in [0.5, 0.6) is 5.75 Å². The summed E-state index contributed by atoms with van der Waals surface area (Å²) >= 11 is 0. The number of amides is 4. The first kappa shape index (κ1) is 21.2. The van der Waals surface area contributed by atoms with Gasteiger partial charge in [-0.2, -0.15) is 8.78 Å². The summed E-state index contributed by atoms with van der Waals surface area (Å²) in [6.45, 7) is 0.285. The lowest BCUT2D eigenvalue weighted by atomic mass is 9.92. The number of hydrogen-bond donors (Lipinski definition) is 2. The molecule has 7 nitrogen and oxygen atoms in total. The van der Waals surface area contributed by atoms with Crippen LogP contribution in [0.25, 0.3) is 0 Å². The Balaban J connectivity index is 1.66. The second kappa shape index (κ2) is 8.48. The van der Waals surface area contributed by atoms with Crippen molar-refractivity contribution in [2.45, 2.75) is 32.5 Å². The van der Waals surface area contributed by atoms with Crippen LogP contribution in [0, 0.1) is 6.92 Å². The quantitative estimate of drug-likeness (QED) is 0.678. The van der Waals surface area contributed by atoms with Gasteiger partial charge in [-0.3, -0.25) is 14.5 Å². The number of hydrogen-bond acceptors (Lipinski definition) is 4. The second-order valence-corrected chi connectivity index (χ2v) is 7.05. The molecule has 2 aromatic rings. The van der Waals surface area contributed by atoms with Gasteiger partial charge in [0.05, 0.1) is 0 Å². The number of ether oxygens (including phenoxy) is 1. The molecule has 0 aromatic heterocycles. The van der Waals surface area contributed by atoms with Gasteiger partial charge in [-0.15, -0.1) is 0 Å². The molecule has 0 radical (unpaired) electrons. The highest BCUT2D eigenvalue weighted by atomic mass is 19.3. The highest BCUT2D eigenvalue weighted by Gasteiger charge is 2.49. The molecule has 3 rings (SSSR count). The summed E-state index contributed by atoms with van der Waals surface area (Å²) in [4.78, 5) is 38.3. The van der Waals surface area contributed by atoms with Gasteiger partial charge in [-0.05, 0) is 42.7 Å². The predicted octanol–water partition coefficient (Wildman–Crippen LogP) is 2.68. The Labute approximate surface area is 172 Å². The Morgan fingerprint density at radius 2 is 1.83 bits per heavy atom. The maximum Gasteiger partial charge on any atom is 0.387 e. The van der Waals surface area contributed by atoms with Gasteiger partial charge in [0.25, 0.3) is 5.91 Å². The van der Waals surface area contributed by atoms with Crippen molar-refractivity contribution >= 4 is 17.8 Å². The van der Waals surface area contributed by atoms with Gasteiger partial charge in [0, 0.05) is 6.54 Å². The van der Waals surface area contributed by atoms with E-state index in [1.165, 1.54) is 31.2 Å². The molecule has 158 valence electrons. The maximum atomic E-state index is 12.9. The van der Waals surface area contributed by atoms with Crippen LogP contribution in [0.3, 0.4) is 0 Å². The van der Waals surface area contributed by atoms with Crippen LogP contribution in [0.15, 0.2) is 48.5 Å². The van der Waals surface area contributed by atoms with Gasteiger partial charge in [-0.1, -0.05) is 36.4 Å². The molecule has 1 atom stereocenters. The number of carbonyl (C=O) groups is 3. The Morgan fingerprint density at radius 1 is 1.17 bits per heavy atom. The van der Waals surface area contributed by atoms with Crippen molar-refractivity contribution in [1.82, 2.24) is 15.5 Å². The van der Waals surface area contributed by atoms with Crippen molar-refractivity contribution in [2.75, 3.05) is 6.54 Å². The smallest absolute Gasteiger partial charge is 0.387 e. The molecule has 0 bridgehead atoms. The Morgan fingerprint density at radius 3 is 2.47 bits per heavy atom. The molecule has 4 amide bonds. The van der Waals surface area contributed by atoms with E-state index >= 15 is 0 Å². The average Bonchev–Trinajstić information content (AvgIpc) is 2.91. The number of benzene rings is 2. The zero-order valence-electron chi connectivity index (χ0n) is 16.4. The first-order valence-corrected chi connectivity index (χ1v) is 9.21. The van der Waals surface area contributed by atoms with E-state index in [0.717, 1.165) is 16.0 Å². The summed E-state index contributed by atoms with van der Waals surface area (Å²) in [7, 11) is 0. The highest BCUT2D eigenvalue weighted by molar-refractivity contribution is 6.09. The number of alkyl halides is 2. The lowest BCUT2D eigenvalue weighted by molar-refractivity contribution is -0.134. The van der Waals surface area contributed by atoms with Crippen molar-refractivity contribution in [3.8, 4) is 5.75 Å². The van der Waals surface area contributed by atoms with Crippen molar-refractivity contribution in [1.29, 1.82) is 0 Å². The maximum absolute atomic E-state index is 12.9. The van der Waals surface area contributed by atoms with Crippen molar-refractivity contribution < 1.29 is 27.9 Å². The Bertz CT molecular complexity index is 965. The van der Waals surface area contributed by atoms with E-state index in [1.54, 1.807) is 0 Å². The van der Waals surface area contributed by atoms with E-state index in [4.69, 9.17) is 0 Å². The van der Waals surface area contributed by atoms with Gasteiger partial charge in [0.2, 0.25) is 5.91 Å². The van der Waals surface area contributed by atoms with E-state index in [9.17, 15) is 23.2 Å². The highest BCUT2D eigenvalue weighted by Crippen LogP contribution is 2.30. The topological polar surface area (TPSA) is 87.7 Å². The molecular formula is C21H21F2N3O4. The number of nitrogens with zero attached hydrogens (tertiary/aromatic N) is 1. The molecule has 0 spiro atoms. The SMILES string of the molecule is Cc1ccccc1CNC(=O)CN1C(=O)N[C@@](C)(c2ccc(OC(F)F)cc2)C1=O. The second-order valence-electron chi connectivity index (χ2n) is 7.05. The molecule has 1 aliphatic heterocycles. The average molecular weight is 417 g/mol. The number of halogens is 2. The van der Waals surface area contributed by atoms with Gasteiger partial charge >= 0.3 is 12.6 Å². The van der Waals surface area contributed by atoms with E-state index in [-0.39, 0.29) is 12.3 Å². The molecule has 0 unspecified atom stereocenters. The van der Waals surface area contributed by atoms with Gasteiger partial charge < -0.3 is 15.4 Å². The minimum Gasteiger partial charge on any atom is -0.435 e. The third kappa shape index (κ3) is 4.40. The normalized spacial score (nSPS) is 18.5. The number of imide groups is 1. The van der Waals surface area contributed by atoms with Crippen LogP contribution in [0.2, 0.25) is 0 Å². The van der Waals surface area contributed by atoms with Crippen LogP contribution in [0.1, 0.15) is 23.6 Å². The van der Waals surface area contributed by atoms with Gasteiger partial charge in [-0.25, -0.2) is 4.79 Å². The molecule has 0 saturated carbocycles. The third-order valence-electron chi connectivity index (χ3n) is 4.97. The molecule has 2 aromatic carbocycles. The first-order chi connectivity index (χ1) is 14.2. The summed E-state index contributed by atoms with van der Waals surface area (Å²) in [5, 5.41) is 5.26. The number of urea groups is 1. The van der Waals surface area contributed by atoms with Crippen molar-refractivity contribution in [2.24, 2.45) is 0 Å². The summed E-state index contributed by atoms with van der Waals surface area (Å²) in [5.41, 5.74) is 0.903. The minimum atomic E-state index is -2.96. The molecule has 2 N–H and O–H groups in total. The summed E-state index contributed by atoms with van der Waals surface area (Å²) in [5.74, 6) is -1.16. The largest absolute Gasteiger partial charge is 0.435 e. The summed E-state index contributed by atoms with van der Waals surface area (Å²) in [6, 6.07) is 12.2. The van der Waals surface area contributed by atoms with Crippen molar-refractivity contribution in [3.63, 3.8) is 0 Å². The molecule has 30 heavy (non-hydrogen) atoms. The fourth-order valence-electron chi connectivity index (χ4n) is 3.21. The number of aryl methyl sites for hydroxylation is 1. The molecule has 0 aliphatic carbocycles. The van der Waals surface area contributed by atoms with Crippen LogP contribution in [0.4, 0.5) is 13.6 Å². The predicted molar refractivity (Wildman–Crippen MR) is 104 cm³/mol. The lowest BCUT2D eigenvalue weighted by Crippen LogP contribution is -2.43. The van der Waals surface area contributed by atoms with Crippen LogP contribution in [-0.4, -0.2) is 35.9 Å². The number of rotatable bonds is 7. The molecule has 1 fully saturated rings. The van der Waals surface area contributed by atoms with Crippen LogP contribution in [-0.2, 0) is 21.7 Å². The molecule has 1 saturated heterocycles. The van der Waals surface area contributed by atoms with Gasteiger partial charge in [0.15, 0.2) is 0 Å². The first-order valence-electron chi connectivity index (χ1n) is 9.21. The van der Waals surface area contributed by atoms with Crippen molar-refractivity contribution in [3.05, 3.63) is 65.2 Å². The molecule has 1 aliphatic rings. The van der Waals surface area contributed by atoms with E-state index in [2.05, 4.69) is 15.4 Å². The van der Waals surface area contributed by atoms with Crippen LogP contribution < -0.4 is 15.4 Å². The lowest BCUT2D eigenvalue weighted by Gasteiger charge is -2.22. The van der Waals surface area contributed by atoms with E-state index in [1.807, 2.05) is 31.2 Å². The van der Waals surface area contributed by atoms with Gasteiger partial charge in [0.1, 0.15) is 17.8 Å². The van der Waals surface area contributed by atoms with Crippen LogP contribution >= 0.6 is 0 Å². The molecular weight excluding hydrogens is 396 g/mol. The third-order valence-corrected chi connectivity index (χ3v) is 4.97. The number of nitrogens with one attached hydrogen (secondary N) is 2.